The highest BCUT2D eigenvalue weighted by Crippen LogP contribution is 2.23. The summed E-state index contributed by atoms with van der Waals surface area (Å²) in [6.07, 6.45) is 0. The van der Waals surface area contributed by atoms with Crippen LogP contribution >= 0.6 is 11.6 Å². The van der Waals surface area contributed by atoms with Crippen molar-refractivity contribution in [1.29, 1.82) is 0 Å². The first-order valence-electron chi connectivity index (χ1n) is 10.6. The smallest absolute Gasteiger partial charge is 0.355 e. The molecule has 0 aliphatic rings. The first-order chi connectivity index (χ1) is 15.6. The first-order valence-corrected chi connectivity index (χ1v) is 11.0. The predicted molar refractivity (Wildman–Crippen MR) is 125 cm³/mol. The fourth-order valence-electron chi connectivity index (χ4n) is 3.87. The van der Waals surface area contributed by atoms with Gasteiger partial charge in [0.05, 0.1) is 12.2 Å². The Labute approximate surface area is 197 Å². The minimum atomic E-state index is -0.704. The van der Waals surface area contributed by atoms with Crippen LogP contribution in [0.1, 0.15) is 66.3 Å². The van der Waals surface area contributed by atoms with E-state index >= 15 is 0 Å². The van der Waals surface area contributed by atoms with E-state index in [2.05, 4.69) is 4.98 Å². The topological polar surface area (TPSA) is 90.4 Å². The Kier molecular flexibility index (Phi) is 7.43. The minimum Gasteiger partial charge on any atom is -0.462 e. The van der Waals surface area contributed by atoms with Gasteiger partial charge in [-0.25, -0.2) is 9.59 Å². The summed E-state index contributed by atoms with van der Waals surface area (Å²) >= 11 is 6.28. The van der Waals surface area contributed by atoms with Crippen molar-refractivity contribution in [2.75, 3.05) is 13.2 Å². The molecule has 7 nitrogen and oxygen atoms in total. The number of hydrogen-bond donors (Lipinski definition) is 1. The monoisotopic (exact) mass is 470 g/mol. The van der Waals surface area contributed by atoms with Gasteiger partial charge >= 0.3 is 11.9 Å². The van der Waals surface area contributed by atoms with E-state index < -0.39 is 18.5 Å². The van der Waals surface area contributed by atoms with E-state index in [4.69, 9.17) is 21.1 Å². The maximum Gasteiger partial charge on any atom is 0.355 e. The molecule has 1 aromatic carbocycles. The van der Waals surface area contributed by atoms with Crippen LogP contribution in [0.5, 0.6) is 0 Å². The van der Waals surface area contributed by atoms with Crippen LogP contribution < -0.4 is 0 Å². The molecule has 2 aromatic heterocycles. The lowest BCUT2D eigenvalue weighted by Gasteiger charge is -2.11. The van der Waals surface area contributed by atoms with Gasteiger partial charge in [-0.2, -0.15) is 0 Å². The average molecular weight is 471 g/mol. The van der Waals surface area contributed by atoms with Crippen molar-refractivity contribution in [1.82, 2.24) is 9.55 Å². The zero-order chi connectivity index (χ0) is 24.3. The number of Topliss-reactive ketones (excluding diaryl/α,β-unsaturated/α-hetero) is 1. The number of ether oxygens (including phenoxy) is 2. The molecule has 0 aliphatic heterocycles. The third-order valence-electron chi connectivity index (χ3n) is 5.62. The number of aryl methyl sites for hydroxylation is 2. The zero-order valence-electron chi connectivity index (χ0n) is 19.4. The average Bonchev–Trinajstić information content (AvgIpc) is 3.23. The molecule has 0 radical (unpaired) electrons. The fourth-order valence-corrected chi connectivity index (χ4v) is 4.06. The molecule has 0 saturated heterocycles. The van der Waals surface area contributed by atoms with Gasteiger partial charge in [0.1, 0.15) is 5.69 Å². The molecule has 3 rings (SSSR count). The van der Waals surface area contributed by atoms with Gasteiger partial charge in [-0.05, 0) is 57.9 Å². The number of aromatic nitrogens is 2. The van der Waals surface area contributed by atoms with Crippen molar-refractivity contribution >= 4 is 29.3 Å². The first kappa shape index (κ1) is 24.3. The molecule has 0 fully saturated rings. The van der Waals surface area contributed by atoms with Crippen LogP contribution in [0.4, 0.5) is 0 Å². The second kappa shape index (κ2) is 10.1. The Morgan fingerprint density at radius 1 is 1.03 bits per heavy atom. The standard InChI is InChI=1S/C25H27ClN2O5/c1-6-32-24(30)22-15(3)23(27-16(22)4)25(31)33-13-21(29)19-11-14(2)28(17(19)5)12-18-9-7-8-10-20(18)26/h7-11,27H,6,12-13H2,1-5H3. The fraction of sp³-hybridized carbons (Fsp3) is 0.320. The third kappa shape index (κ3) is 5.03. The second-order valence-electron chi connectivity index (χ2n) is 7.81. The highest BCUT2D eigenvalue weighted by atomic mass is 35.5. The minimum absolute atomic E-state index is 0.132. The Morgan fingerprint density at radius 2 is 1.73 bits per heavy atom. The van der Waals surface area contributed by atoms with Crippen molar-refractivity contribution in [2.45, 2.75) is 41.2 Å². The summed E-state index contributed by atoms with van der Waals surface area (Å²) in [5.74, 6) is -1.53. The number of benzene rings is 1. The quantitative estimate of drug-likeness (QED) is 0.371. The third-order valence-corrected chi connectivity index (χ3v) is 5.98. The number of aromatic amines is 1. The lowest BCUT2D eigenvalue weighted by Crippen LogP contribution is -2.16. The molecule has 0 amide bonds. The van der Waals surface area contributed by atoms with E-state index in [1.54, 1.807) is 26.8 Å². The molecule has 0 atom stereocenters. The number of carbonyl (C=O) groups excluding carboxylic acids is 3. The molecule has 0 spiro atoms. The molecule has 0 aliphatic carbocycles. The van der Waals surface area contributed by atoms with Gasteiger partial charge in [0.15, 0.2) is 6.61 Å². The van der Waals surface area contributed by atoms with E-state index in [1.165, 1.54) is 0 Å². The zero-order valence-corrected chi connectivity index (χ0v) is 20.1. The predicted octanol–water partition coefficient (Wildman–Crippen LogP) is 4.97. The SMILES string of the molecule is CCOC(=O)c1c(C)[nH]c(C(=O)OCC(=O)c2cc(C)n(Cc3ccccc3Cl)c2C)c1C. The summed E-state index contributed by atoms with van der Waals surface area (Å²) in [5, 5.41) is 0.658. The second-order valence-corrected chi connectivity index (χ2v) is 8.21. The number of carbonyl (C=O) groups is 3. The molecule has 0 bridgehead atoms. The van der Waals surface area contributed by atoms with Gasteiger partial charge < -0.3 is 19.0 Å². The molecule has 0 saturated carbocycles. The molecule has 0 unspecified atom stereocenters. The summed E-state index contributed by atoms with van der Waals surface area (Å²) in [7, 11) is 0. The van der Waals surface area contributed by atoms with Crippen molar-refractivity contribution in [3.63, 3.8) is 0 Å². The van der Waals surface area contributed by atoms with Crippen molar-refractivity contribution in [3.05, 3.63) is 80.4 Å². The van der Waals surface area contributed by atoms with Crippen molar-refractivity contribution in [2.24, 2.45) is 0 Å². The number of ketones is 1. The van der Waals surface area contributed by atoms with Crippen LogP contribution in [0.2, 0.25) is 5.02 Å². The van der Waals surface area contributed by atoms with Gasteiger partial charge in [-0.15, -0.1) is 0 Å². The van der Waals surface area contributed by atoms with Crippen LogP contribution in [-0.4, -0.2) is 40.5 Å². The molecule has 3 aromatic rings. The molecular formula is C25H27ClN2O5. The summed E-state index contributed by atoms with van der Waals surface area (Å²) in [5.41, 5.74) is 4.47. The highest BCUT2D eigenvalue weighted by molar-refractivity contribution is 6.31. The normalized spacial score (nSPS) is 10.8. The lowest BCUT2D eigenvalue weighted by atomic mass is 10.1. The number of halogens is 1. The Hall–Kier alpha value is -3.32. The molecule has 8 heteroatoms. The Bertz CT molecular complexity index is 1220. The van der Waals surface area contributed by atoms with Crippen molar-refractivity contribution in [3.8, 4) is 0 Å². The number of H-pyrrole nitrogens is 1. The molecule has 33 heavy (non-hydrogen) atoms. The lowest BCUT2D eigenvalue weighted by molar-refractivity contribution is 0.0468. The highest BCUT2D eigenvalue weighted by Gasteiger charge is 2.25. The summed E-state index contributed by atoms with van der Waals surface area (Å²) in [6, 6.07) is 9.33. The largest absolute Gasteiger partial charge is 0.462 e. The van der Waals surface area contributed by atoms with Gasteiger partial charge in [0, 0.05) is 34.2 Å². The van der Waals surface area contributed by atoms with Crippen LogP contribution in [0, 0.1) is 27.7 Å². The summed E-state index contributed by atoms with van der Waals surface area (Å²) in [6.45, 7) is 9.13. The van der Waals surface area contributed by atoms with E-state index in [-0.39, 0.29) is 18.1 Å². The Morgan fingerprint density at radius 3 is 2.39 bits per heavy atom. The molecular weight excluding hydrogens is 444 g/mol. The maximum atomic E-state index is 12.8. The van der Waals surface area contributed by atoms with Gasteiger partial charge in [-0.3, -0.25) is 4.79 Å². The Balaban J connectivity index is 1.73. The maximum absolute atomic E-state index is 12.8. The van der Waals surface area contributed by atoms with Gasteiger partial charge in [-0.1, -0.05) is 29.8 Å². The molecule has 174 valence electrons. The molecule has 1 N–H and O–H groups in total. The van der Waals surface area contributed by atoms with Crippen LogP contribution in [-0.2, 0) is 16.0 Å². The van der Waals surface area contributed by atoms with Crippen LogP contribution in [0.3, 0.4) is 0 Å². The number of esters is 2. The van der Waals surface area contributed by atoms with E-state index in [0.29, 0.717) is 34.0 Å². The van der Waals surface area contributed by atoms with E-state index in [9.17, 15) is 14.4 Å². The summed E-state index contributed by atoms with van der Waals surface area (Å²) < 4.78 is 12.3. The van der Waals surface area contributed by atoms with Gasteiger partial charge in [0.25, 0.3) is 0 Å². The van der Waals surface area contributed by atoms with E-state index in [1.807, 2.05) is 42.7 Å². The van der Waals surface area contributed by atoms with Crippen molar-refractivity contribution < 1.29 is 23.9 Å². The number of rotatable bonds is 8. The van der Waals surface area contributed by atoms with E-state index in [0.717, 1.165) is 17.0 Å². The van der Waals surface area contributed by atoms with Gasteiger partial charge in [0.2, 0.25) is 5.78 Å². The summed E-state index contributed by atoms with van der Waals surface area (Å²) in [4.78, 5) is 40.4. The van der Waals surface area contributed by atoms with Crippen LogP contribution in [0.15, 0.2) is 30.3 Å². The molecule has 2 heterocycles. The number of nitrogens with zero attached hydrogens (tertiary/aromatic N) is 1. The van der Waals surface area contributed by atoms with Crippen LogP contribution in [0.25, 0.3) is 0 Å². The number of hydrogen-bond acceptors (Lipinski definition) is 5. The number of nitrogens with one attached hydrogen (secondary N) is 1.